The summed E-state index contributed by atoms with van der Waals surface area (Å²) in [7, 11) is 0. The molecule has 0 saturated heterocycles. The van der Waals surface area contributed by atoms with E-state index in [4.69, 9.17) is 5.11 Å². The molecule has 0 aliphatic carbocycles. The van der Waals surface area contributed by atoms with Crippen LogP contribution >= 0.6 is 0 Å². The molecule has 0 aromatic heterocycles. The van der Waals surface area contributed by atoms with Gasteiger partial charge in [-0.2, -0.15) is 0 Å². The smallest absolute Gasteiger partial charge is 0.126 e. The minimum Gasteiger partial charge on any atom is -0.395 e. The molecular weight excluding hydrogens is 224 g/mol. The third-order valence-corrected chi connectivity index (χ3v) is 2.81. The first-order valence-corrected chi connectivity index (χ1v) is 5.82. The van der Waals surface area contributed by atoms with Gasteiger partial charge in [0.2, 0.25) is 0 Å². The summed E-state index contributed by atoms with van der Waals surface area (Å²) >= 11 is 0. The van der Waals surface area contributed by atoms with Gasteiger partial charge in [0.15, 0.2) is 0 Å². The van der Waals surface area contributed by atoms with Crippen LogP contribution in [0, 0.1) is 17.6 Å². The van der Waals surface area contributed by atoms with Crippen molar-refractivity contribution in [2.24, 2.45) is 5.92 Å². The molecule has 4 heteroatoms. The lowest BCUT2D eigenvalue weighted by molar-refractivity contribution is 0.211. The van der Waals surface area contributed by atoms with E-state index >= 15 is 0 Å². The monoisotopic (exact) mass is 243 g/mol. The van der Waals surface area contributed by atoms with Crippen LogP contribution in [0.5, 0.6) is 0 Å². The SMILES string of the molecule is CC(C)C(CO)NCCc1cc(F)ccc1F. The van der Waals surface area contributed by atoms with Crippen LogP contribution in [-0.4, -0.2) is 24.3 Å². The summed E-state index contributed by atoms with van der Waals surface area (Å²) < 4.78 is 26.2. The van der Waals surface area contributed by atoms with Crippen molar-refractivity contribution < 1.29 is 13.9 Å². The van der Waals surface area contributed by atoms with E-state index in [0.717, 1.165) is 12.1 Å². The molecule has 0 spiro atoms. The molecule has 0 saturated carbocycles. The van der Waals surface area contributed by atoms with Crippen LogP contribution in [-0.2, 0) is 6.42 Å². The Balaban J connectivity index is 2.47. The van der Waals surface area contributed by atoms with Gasteiger partial charge in [-0.15, -0.1) is 0 Å². The average Bonchev–Trinajstić information content (AvgIpc) is 2.28. The van der Waals surface area contributed by atoms with Crippen molar-refractivity contribution in [3.63, 3.8) is 0 Å². The molecule has 2 N–H and O–H groups in total. The minimum absolute atomic E-state index is 0.00776. The number of aliphatic hydroxyl groups is 1. The highest BCUT2D eigenvalue weighted by atomic mass is 19.1. The Morgan fingerprint density at radius 1 is 1.29 bits per heavy atom. The largest absolute Gasteiger partial charge is 0.395 e. The zero-order chi connectivity index (χ0) is 12.8. The number of halogens is 2. The molecule has 1 atom stereocenters. The number of benzene rings is 1. The van der Waals surface area contributed by atoms with Crippen LogP contribution in [0.3, 0.4) is 0 Å². The van der Waals surface area contributed by atoms with Crippen molar-refractivity contribution >= 4 is 0 Å². The van der Waals surface area contributed by atoms with E-state index in [1.54, 1.807) is 0 Å². The van der Waals surface area contributed by atoms with Gasteiger partial charge in [0.1, 0.15) is 11.6 Å². The maximum absolute atomic E-state index is 13.3. The Morgan fingerprint density at radius 2 is 2.00 bits per heavy atom. The molecule has 0 heterocycles. The molecule has 0 aliphatic rings. The highest BCUT2D eigenvalue weighted by molar-refractivity contribution is 5.18. The zero-order valence-electron chi connectivity index (χ0n) is 10.2. The van der Waals surface area contributed by atoms with Gasteiger partial charge >= 0.3 is 0 Å². The predicted molar refractivity (Wildman–Crippen MR) is 63.8 cm³/mol. The summed E-state index contributed by atoms with van der Waals surface area (Å²) in [5.74, 6) is -0.514. The average molecular weight is 243 g/mol. The predicted octanol–water partition coefficient (Wildman–Crippen LogP) is 2.11. The van der Waals surface area contributed by atoms with E-state index in [1.807, 2.05) is 13.8 Å². The fourth-order valence-electron chi connectivity index (χ4n) is 1.64. The fraction of sp³-hybridized carbons (Fsp3) is 0.538. The van der Waals surface area contributed by atoms with E-state index < -0.39 is 11.6 Å². The van der Waals surface area contributed by atoms with Crippen molar-refractivity contribution in [3.8, 4) is 0 Å². The number of hydrogen-bond acceptors (Lipinski definition) is 2. The Morgan fingerprint density at radius 3 is 2.59 bits per heavy atom. The highest BCUT2D eigenvalue weighted by Crippen LogP contribution is 2.10. The lowest BCUT2D eigenvalue weighted by Gasteiger charge is -2.19. The standard InChI is InChI=1S/C13H19F2NO/c1-9(2)13(8-17)16-6-5-10-7-11(14)3-4-12(10)15/h3-4,7,9,13,16-17H,5-6,8H2,1-2H3. The van der Waals surface area contributed by atoms with Gasteiger partial charge < -0.3 is 10.4 Å². The first-order valence-electron chi connectivity index (χ1n) is 5.82. The summed E-state index contributed by atoms with van der Waals surface area (Å²) in [6, 6.07) is 3.44. The molecule has 1 aromatic carbocycles. The van der Waals surface area contributed by atoms with E-state index in [0.29, 0.717) is 24.4 Å². The zero-order valence-corrected chi connectivity index (χ0v) is 10.2. The molecule has 0 radical (unpaired) electrons. The van der Waals surface area contributed by atoms with Crippen LogP contribution < -0.4 is 5.32 Å². The molecule has 0 fully saturated rings. The third-order valence-electron chi connectivity index (χ3n) is 2.81. The molecule has 96 valence electrons. The van der Waals surface area contributed by atoms with Crippen LogP contribution in [0.15, 0.2) is 18.2 Å². The van der Waals surface area contributed by atoms with Gasteiger partial charge in [0.05, 0.1) is 6.61 Å². The Bertz CT molecular complexity index is 355. The maximum Gasteiger partial charge on any atom is 0.126 e. The quantitative estimate of drug-likeness (QED) is 0.802. The number of nitrogens with one attached hydrogen (secondary N) is 1. The van der Waals surface area contributed by atoms with Crippen LogP contribution in [0.4, 0.5) is 8.78 Å². The molecule has 2 nitrogen and oxygen atoms in total. The second-order valence-corrected chi connectivity index (χ2v) is 4.47. The minimum atomic E-state index is -0.427. The second-order valence-electron chi connectivity index (χ2n) is 4.47. The second kappa shape index (κ2) is 6.67. The lowest BCUT2D eigenvalue weighted by Crippen LogP contribution is -2.38. The summed E-state index contributed by atoms with van der Waals surface area (Å²) in [5, 5.41) is 12.2. The topological polar surface area (TPSA) is 32.3 Å². The van der Waals surface area contributed by atoms with Gasteiger partial charge in [-0.3, -0.25) is 0 Å². The van der Waals surface area contributed by atoms with Crippen LogP contribution in [0.1, 0.15) is 19.4 Å². The number of rotatable bonds is 6. The van der Waals surface area contributed by atoms with E-state index in [-0.39, 0.29) is 12.6 Å². The van der Waals surface area contributed by atoms with Crippen molar-refractivity contribution in [3.05, 3.63) is 35.4 Å². The maximum atomic E-state index is 13.3. The summed E-state index contributed by atoms with van der Waals surface area (Å²) in [4.78, 5) is 0. The van der Waals surface area contributed by atoms with Crippen molar-refractivity contribution in [2.45, 2.75) is 26.3 Å². The molecule has 0 aliphatic heterocycles. The Kier molecular flexibility index (Phi) is 5.51. The first kappa shape index (κ1) is 14.1. The number of hydrogen-bond donors (Lipinski definition) is 2. The summed E-state index contributed by atoms with van der Waals surface area (Å²) in [6.07, 6.45) is 0.410. The molecule has 1 aromatic rings. The molecule has 17 heavy (non-hydrogen) atoms. The molecule has 0 amide bonds. The third kappa shape index (κ3) is 4.40. The van der Waals surface area contributed by atoms with Gasteiger partial charge in [-0.25, -0.2) is 8.78 Å². The van der Waals surface area contributed by atoms with Crippen molar-refractivity contribution in [1.82, 2.24) is 5.32 Å². The molecule has 1 unspecified atom stereocenters. The Labute approximate surface area is 101 Å². The highest BCUT2D eigenvalue weighted by Gasteiger charge is 2.11. The lowest BCUT2D eigenvalue weighted by atomic mass is 10.0. The van der Waals surface area contributed by atoms with Crippen molar-refractivity contribution in [1.29, 1.82) is 0 Å². The summed E-state index contributed by atoms with van der Waals surface area (Å²) in [6.45, 7) is 4.56. The Hall–Kier alpha value is -1.00. The van der Waals surface area contributed by atoms with Gasteiger partial charge in [0.25, 0.3) is 0 Å². The van der Waals surface area contributed by atoms with Crippen LogP contribution in [0.25, 0.3) is 0 Å². The van der Waals surface area contributed by atoms with Crippen molar-refractivity contribution in [2.75, 3.05) is 13.2 Å². The van der Waals surface area contributed by atoms with E-state index in [9.17, 15) is 8.78 Å². The van der Waals surface area contributed by atoms with E-state index in [1.165, 1.54) is 6.07 Å². The first-order chi connectivity index (χ1) is 8.04. The molecule has 1 rings (SSSR count). The number of aliphatic hydroxyl groups excluding tert-OH is 1. The summed E-state index contributed by atoms with van der Waals surface area (Å²) in [5.41, 5.74) is 0.359. The normalized spacial score (nSPS) is 13.1. The van der Waals surface area contributed by atoms with Gasteiger partial charge in [0, 0.05) is 6.04 Å². The van der Waals surface area contributed by atoms with Crippen LogP contribution in [0.2, 0.25) is 0 Å². The van der Waals surface area contributed by atoms with Gasteiger partial charge in [-0.05, 0) is 42.6 Å². The van der Waals surface area contributed by atoms with Gasteiger partial charge in [-0.1, -0.05) is 13.8 Å². The fourth-order valence-corrected chi connectivity index (χ4v) is 1.64. The van der Waals surface area contributed by atoms with E-state index in [2.05, 4.69) is 5.32 Å². The molecular formula is C13H19F2NO. The molecule has 0 bridgehead atoms.